The van der Waals surface area contributed by atoms with Crippen LogP contribution in [0.3, 0.4) is 0 Å². The average molecular weight is 223 g/mol. The zero-order chi connectivity index (χ0) is 12.0. The topological polar surface area (TPSA) is 64.1 Å². The second-order valence-corrected chi connectivity index (χ2v) is 3.76. The Morgan fingerprint density at radius 3 is 2.94 bits per heavy atom. The molecular formula is C11H17N3O2. The molecule has 5 nitrogen and oxygen atoms in total. The summed E-state index contributed by atoms with van der Waals surface area (Å²) in [5, 5.41) is 3.05. The second-order valence-electron chi connectivity index (χ2n) is 3.76. The quantitative estimate of drug-likeness (QED) is 0.770. The Morgan fingerprint density at radius 2 is 2.31 bits per heavy atom. The average Bonchev–Trinajstić information content (AvgIpc) is 2.27. The summed E-state index contributed by atoms with van der Waals surface area (Å²) >= 11 is 0. The van der Waals surface area contributed by atoms with Gasteiger partial charge in [-0.1, -0.05) is 13.8 Å². The van der Waals surface area contributed by atoms with E-state index < -0.39 is 5.97 Å². The van der Waals surface area contributed by atoms with Crippen LogP contribution in [-0.2, 0) is 4.74 Å². The number of carbonyl (C=O) groups excluding carboxylic acids is 1. The predicted octanol–water partition coefficient (Wildman–Crippen LogP) is 1.72. The number of aromatic nitrogens is 2. The molecule has 0 saturated carbocycles. The molecule has 0 fully saturated rings. The summed E-state index contributed by atoms with van der Waals surface area (Å²) in [5.74, 6) is 0.534. The van der Waals surface area contributed by atoms with Crippen LogP contribution in [0.15, 0.2) is 12.3 Å². The molecule has 0 unspecified atom stereocenters. The Hall–Kier alpha value is -1.65. The van der Waals surface area contributed by atoms with Crippen molar-refractivity contribution in [1.82, 2.24) is 9.97 Å². The molecule has 0 aliphatic carbocycles. The van der Waals surface area contributed by atoms with Crippen molar-refractivity contribution < 1.29 is 9.53 Å². The first-order valence-electron chi connectivity index (χ1n) is 5.37. The maximum absolute atomic E-state index is 11.4. The van der Waals surface area contributed by atoms with Crippen LogP contribution in [0.25, 0.3) is 0 Å². The number of nitrogens with zero attached hydrogens (tertiary/aromatic N) is 2. The van der Waals surface area contributed by atoms with Gasteiger partial charge in [0.2, 0.25) is 5.95 Å². The third kappa shape index (κ3) is 3.84. The van der Waals surface area contributed by atoms with Gasteiger partial charge in [0.1, 0.15) is 0 Å². The molecule has 88 valence electrons. The van der Waals surface area contributed by atoms with Crippen molar-refractivity contribution in [3.63, 3.8) is 0 Å². The van der Waals surface area contributed by atoms with Gasteiger partial charge in [-0.2, -0.15) is 0 Å². The SMILES string of the molecule is CCOC(=O)c1ccnc(NCC(C)C)n1. The molecule has 0 saturated heterocycles. The van der Waals surface area contributed by atoms with Crippen molar-refractivity contribution in [2.75, 3.05) is 18.5 Å². The van der Waals surface area contributed by atoms with Crippen LogP contribution in [0.2, 0.25) is 0 Å². The summed E-state index contributed by atoms with van der Waals surface area (Å²) in [5.41, 5.74) is 0.281. The zero-order valence-electron chi connectivity index (χ0n) is 9.86. The van der Waals surface area contributed by atoms with Crippen molar-refractivity contribution in [1.29, 1.82) is 0 Å². The highest BCUT2D eigenvalue weighted by Crippen LogP contribution is 2.03. The minimum absolute atomic E-state index is 0.281. The Labute approximate surface area is 95.3 Å². The fourth-order valence-electron chi connectivity index (χ4n) is 1.06. The Morgan fingerprint density at radius 1 is 1.56 bits per heavy atom. The van der Waals surface area contributed by atoms with E-state index in [1.54, 1.807) is 19.2 Å². The lowest BCUT2D eigenvalue weighted by Gasteiger charge is -2.07. The normalized spacial score (nSPS) is 10.2. The van der Waals surface area contributed by atoms with Gasteiger partial charge < -0.3 is 10.1 Å². The van der Waals surface area contributed by atoms with Crippen LogP contribution < -0.4 is 5.32 Å². The third-order valence-corrected chi connectivity index (χ3v) is 1.81. The molecule has 0 radical (unpaired) electrons. The summed E-state index contributed by atoms with van der Waals surface area (Å²) in [6.45, 7) is 7.05. The summed E-state index contributed by atoms with van der Waals surface area (Å²) in [4.78, 5) is 19.5. The van der Waals surface area contributed by atoms with E-state index in [0.29, 0.717) is 18.5 Å². The first-order chi connectivity index (χ1) is 7.63. The van der Waals surface area contributed by atoms with Crippen molar-refractivity contribution in [3.8, 4) is 0 Å². The van der Waals surface area contributed by atoms with Gasteiger partial charge in [-0.05, 0) is 18.9 Å². The van der Waals surface area contributed by atoms with Crippen molar-refractivity contribution in [2.45, 2.75) is 20.8 Å². The van der Waals surface area contributed by atoms with E-state index in [1.807, 2.05) is 0 Å². The summed E-state index contributed by atoms with van der Waals surface area (Å²) < 4.78 is 4.85. The molecule has 1 aromatic rings. The third-order valence-electron chi connectivity index (χ3n) is 1.81. The van der Waals surface area contributed by atoms with E-state index in [2.05, 4.69) is 29.1 Å². The Kier molecular flexibility index (Phi) is 4.69. The van der Waals surface area contributed by atoms with Gasteiger partial charge in [-0.25, -0.2) is 14.8 Å². The van der Waals surface area contributed by atoms with Crippen LogP contribution in [-0.4, -0.2) is 29.1 Å². The lowest BCUT2D eigenvalue weighted by atomic mass is 10.2. The molecule has 16 heavy (non-hydrogen) atoms. The van der Waals surface area contributed by atoms with Gasteiger partial charge in [0.25, 0.3) is 0 Å². The summed E-state index contributed by atoms with van der Waals surface area (Å²) in [6, 6.07) is 1.54. The van der Waals surface area contributed by atoms with Gasteiger partial charge >= 0.3 is 5.97 Å². The Bertz CT molecular complexity index is 353. The number of nitrogens with one attached hydrogen (secondary N) is 1. The molecule has 0 aliphatic heterocycles. The number of anilines is 1. The monoisotopic (exact) mass is 223 g/mol. The molecule has 1 N–H and O–H groups in total. The number of ether oxygens (including phenoxy) is 1. The van der Waals surface area contributed by atoms with Gasteiger partial charge in [-0.3, -0.25) is 0 Å². The smallest absolute Gasteiger partial charge is 0.357 e. The van der Waals surface area contributed by atoms with Crippen LogP contribution in [0.4, 0.5) is 5.95 Å². The van der Waals surface area contributed by atoms with E-state index in [4.69, 9.17) is 4.74 Å². The highest BCUT2D eigenvalue weighted by atomic mass is 16.5. The van der Waals surface area contributed by atoms with E-state index in [1.165, 1.54) is 0 Å². The highest BCUT2D eigenvalue weighted by molar-refractivity contribution is 5.87. The van der Waals surface area contributed by atoms with Crippen molar-refractivity contribution >= 4 is 11.9 Å². The number of hydrogen-bond acceptors (Lipinski definition) is 5. The lowest BCUT2D eigenvalue weighted by molar-refractivity contribution is 0.0519. The van der Waals surface area contributed by atoms with Crippen LogP contribution in [0.5, 0.6) is 0 Å². The van der Waals surface area contributed by atoms with E-state index in [-0.39, 0.29) is 5.69 Å². The van der Waals surface area contributed by atoms with Gasteiger partial charge in [0.05, 0.1) is 6.61 Å². The minimum Gasteiger partial charge on any atom is -0.461 e. The number of esters is 1. The molecule has 1 aromatic heterocycles. The molecule has 0 aromatic carbocycles. The van der Waals surface area contributed by atoms with Gasteiger partial charge in [0.15, 0.2) is 5.69 Å². The minimum atomic E-state index is -0.419. The summed E-state index contributed by atoms with van der Waals surface area (Å²) in [6.07, 6.45) is 1.54. The number of hydrogen-bond donors (Lipinski definition) is 1. The summed E-state index contributed by atoms with van der Waals surface area (Å²) in [7, 11) is 0. The van der Waals surface area contributed by atoms with Crippen LogP contribution >= 0.6 is 0 Å². The van der Waals surface area contributed by atoms with Crippen LogP contribution in [0.1, 0.15) is 31.3 Å². The first-order valence-corrected chi connectivity index (χ1v) is 5.37. The molecule has 0 spiro atoms. The highest BCUT2D eigenvalue weighted by Gasteiger charge is 2.09. The standard InChI is InChI=1S/C11H17N3O2/c1-4-16-10(15)9-5-6-12-11(14-9)13-7-8(2)3/h5-6,8H,4,7H2,1-3H3,(H,12,13,14). The predicted molar refractivity (Wildman–Crippen MR) is 61.3 cm³/mol. The number of rotatable bonds is 5. The van der Waals surface area contributed by atoms with Crippen molar-refractivity contribution in [2.24, 2.45) is 5.92 Å². The molecule has 1 heterocycles. The molecule has 1 rings (SSSR count). The molecule has 0 amide bonds. The molecule has 0 atom stereocenters. The molecule has 0 aliphatic rings. The fourth-order valence-corrected chi connectivity index (χ4v) is 1.06. The molecule has 0 bridgehead atoms. The number of carbonyl (C=O) groups is 1. The lowest BCUT2D eigenvalue weighted by Crippen LogP contribution is -2.13. The van der Waals surface area contributed by atoms with Crippen LogP contribution in [0, 0.1) is 5.92 Å². The molecular weight excluding hydrogens is 206 g/mol. The molecule has 5 heteroatoms. The largest absolute Gasteiger partial charge is 0.461 e. The Balaban J connectivity index is 2.67. The zero-order valence-corrected chi connectivity index (χ0v) is 9.86. The fraction of sp³-hybridized carbons (Fsp3) is 0.545. The van der Waals surface area contributed by atoms with E-state index in [0.717, 1.165) is 6.54 Å². The first kappa shape index (κ1) is 12.4. The van der Waals surface area contributed by atoms with Crippen molar-refractivity contribution in [3.05, 3.63) is 18.0 Å². The maximum Gasteiger partial charge on any atom is 0.357 e. The van der Waals surface area contributed by atoms with E-state index >= 15 is 0 Å². The van der Waals surface area contributed by atoms with Gasteiger partial charge in [-0.15, -0.1) is 0 Å². The van der Waals surface area contributed by atoms with E-state index in [9.17, 15) is 4.79 Å². The maximum atomic E-state index is 11.4. The second kappa shape index (κ2) is 6.05. The van der Waals surface area contributed by atoms with Gasteiger partial charge in [0, 0.05) is 12.7 Å².